The van der Waals surface area contributed by atoms with Crippen LogP contribution in [0.3, 0.4) is 0 Å². The zero-order valence-corrected chi connectivity index (χ0v) is 10.4. The van der Waals surface area contributed by atoms with Crippen LogP contribution in [0, 0.1) is 0 Å². The largest absolute Gasteiger partial charge is 0.444 e. The van der Waals surface area contributed by atoms with Gasteiger partial charge in [-0.05, 0) is 45.8 Å². The summed E-state index contributed by atoms with van der Waals surface area (Å²) in [6.45, 7) is -0.0595. The highest BCUT2D eigenvalue weighted by atomic mass is 79.9. The van der Waals surface area contributed by atoms with Gasteiger partial charge < -0.3 is 14.8 Å². The minimum atomic E-state index is -0.328. The maximum absolute atomic E-state index is 11.7. The summed E-state index contributed by atoms with van der Waals surface area (Å²) in [7, 11) is 0. The monoisotopic (exact) mass is 295 g/mol. The van der Waals surface area contributed by atoms with Gasteiger partial charge in [-0.2, -0.15) is 0 Å². The van der Waals surface area contributed by atoms with Gasteiger partial charge in [0.2, 0.25) is 0 Å². The van der Waals surface area contributed by atoms with Crippen molar-refractivity contribution in [3.8, 4) is 0 Å². The summed E-state index contributed by atoms with van der Waals surface area (Å²) >= 11 is 3.13. The smallest absolute Gasteiger partial charge is 0.291 e. The van der Waals surface area contributed by atoms with E-state index < -0.39 is 0 Å². The Labute approximate surface area is 106 Å². The van der Waals surface area contributed by atoms with Crippen molar-refractivity contribution in [3.05, 3.63) is 52.4 Å². The molecule has 0 radical (unpaired) electrons. The number of hydrogen-bond donors (Lipinski definition) is 2. The van der Waals surface area contributed by atoms with Gasteiger partial charge in [0, 0.05) is 5.69 Å². The number of aliphatic hydroxyl groups is 1. The molecule has 1 aromatic carbocycles. The second-order valence-corrected chi connectivity index (χ2v) is 4.20. The molecule has 0 saturated heterocycles. The fourth-order valence-corrected chi connectivity index (χ4v) is 1.68. The first-order chi connectivity index (χ1) is 8.19. The molecule has 0 aliphatic rings. The van der Waals surface area contributed by atoms with Crippen molar-refractivity contribution in [2.24, 2.45) is 0 Å². The summed E-state index contributed by atoms with van der Waals surface area (Å²) in [6, 6.07) is 10.2. The van der Waals surface area contributed by atoms with E-state index in [-0.39, 0.29) is 18.3 Å². The Kier molecular flexibility index (Phi) is 3.61. The van der Waals surface area contributed by atoms with Crippen molar-refractivity contribution >= 4 is 27.5 Å². The number of rotatable bonds is 3. The second-order valence-electron chi connectivity index (χ2n) is 3.42. The van der Waals surface area contributed by atoms with Gasteiger partial charge in [-0.1, -0.05) is 12.1 Å². The Bertz CT molecular complexity index is 536. The lowest BCUT2D eigenvalue weighted by Crippen LogP contribution is -2.10. The third kappa shape index (κ3) is 2.95. The number of amides is 1. The molecule has 17 heavy (non-hydrogen) atoms. The molecule has 0 spiro atoms. The van der Waals surface area contributed by atoms with Gasteiger partial charge in [0.1, 0.15) is 0 Å². The van der Waals surface area contributed by atoms with Crippen LogP contribution in [0.4, 0.5) is 5.69 Å². The molecule has 2 N–H and O–H groups in total. The lowest BCUT2D eigenvalue weighted by atomic mass is 10.2. The number of nitrogens with one attached hydrogen (secondary N) is 1. The summed E-state index contributed by atoms with van der Waals surface area (Å²) < 4.78 is 5.64. The van der Waals surface area contributed by atoms with E-state index >= 15 is 0 Å². The van der Waals surface area contributed by atoms with Gasteiger partial charge in [-0.3, -0.25) is 4.79 Å². The van der Waals surface area contributed by atoms with Crippen molar-refractivity contribution in [1.29, 1.82) is 0 Å². The van der Waals surface area contributed by atoms with E-state index in [2.05, 4.69) is 21.2 Å². The Morgan fingerprint density at radius 3 is 2.82 bits per heavy atom. The first-order valence-electron chi connectivity index (χ1n) is 4.95. The van der Waals surface area contributed by atoms with Crippen LogP contribution in [0.15, 0.2) is 45.5 Å². The van der Waals surface area contributed by atoms with Crippen LogP contribution in [0.5, 0.6) is 0 Å². The van der Waals surface area contributed by atoms with Gasteiger partial charge >= 0.3 is 0 Å². The first-order valence-corrected chi connectivity index (χ1v) is 5.75. The van der Waals surface area contributed by atoms with Crippen molar-refractivity contribution in [2.45, 2.75) is 6.61 Å². The van der Waals surface area contributed by atoms with Crippen LogP contribution in [-0.2, 0) is 6.61 Å². The molecular weight excluding hydrogens is 286 g/mol. The molecule has 88 valence electrons. The maximum Gasteiger partial charge on any atom is 0.291 e. The average Bonchev–Trinajstić information content (AvgIpc) is 2.76. The van der Waals surface area contributed by atoms with Crippen molar-refractivity contribution in [1.82, 2.24) is 0 Å². The van der Waals surface area contributed by atoms with Gasteiger partial charge in [0.05, 0.1) is 6.61 Å². The molecule has 5 heteroatoms. The zero-order chi connectivity index (χ0) is 12.3. The Morgan fingerprint density at radius 2 is 2.18 bits per heavy atom. The summed E-state index contributed by atoms with van der Waals surface area (Å²) in [5, 5.41) is 11.7. The molecule has 2 aromatic rings. The van der Waals surface area contributed by atoms with E-state index in [4.69, 9.17) is 9.52 Å². The van der Waals surface area contributed by atoms with Crippen LogP contribution in [0.25, 0.3) is 0 Å². The lowest BCUT2D eigenvalue weighted by Gasteiger charge is -2.04. The zero-order valence-electron chi connectivity index (χ0n) is 8.81. The number of halogens is 1. The second kappa shape index (κ2) is 5.16. The van der Waals surface area contributed by atoms with E-state index in [0.717, 1.165) is 5.56 Å². The molecule has 0 unspecified atom stereocenters. The van der Waals surface area contributed by atoms with Crippen LogP contribution < -0.4 is 5.32 Å². The van der Waals surface area contributed by atoms with E-state index in [9.17, 15) is 4.79 Å². The highest BCUT2D eigenvalue weighted by molar-refractivity contribution is 9.10. The number of hydrogen-bond acceptors (Lipinski definition) is 3. The summed E-state index contributed by atoms with van der Waals surface area (Å²) in [5.74, 6) is -0.0999. The lowest BCUT2D eigenvalue weighted by molar-refractivity contribution is 0.0995. The standard InChI is InChI=1S/C12H10BrNO3/c13-11-5-4-10(17-11)12(16)14-9-3-1-2-8(6-9)7-15/h1-6,15H,7H2,(H,14,16). The Morgan fingerprint density at radius 1 is 1.35 bits per heavy atom. The summed E-state index contributed by atoms with van der Waals surface area (Å²) in [4.78, 5) is 11.7. The number of anilines is 1. The van der Waals surface area contributed by atoms with E-state index in [1.165, 1.54) is 0 Å². The molecule has 1 amide bonds. The summed E-state index contributed by atoms with van der Waals surface area (Å²) in [5.41, 5.74) is 1.36. The molecular formula is C12H10BrNO3. The molecule has 0 atom stereocenters. The first kappa shape index (κ1) is 11.9. The fourth-order valence-electron chi connectivity index (χ4n) is 1.38. The number of carbonyl (C=O) groups is 1. The normalized spacial score (nSPS) is 10.2. The number of furan rings is 1. The van der Waals surface area contributed by atoms with Gasteiger partial charge in [0.25, 0.3) is 5.91 Å². The molecule has 0 aliphatic carbocycles. The summed E-state index contributed by atoms with van der Waals surface area (Å²) in [6.07, 6.45) is 0. The number of carbonyl (C=O) groups excluding carboxylic acids is 1. The van der Waals surface area contributed by atoms with E-state index in [0.29, 0.717) is 10.4 Å². The maximum atomic E-state index is 11.7. The van der Waals surface area contributed by atoms with Crippen LogP contribution in [0.1, 0.15) is 16.1 Å². The van der Waals surface area contributed by atoms with Crippen molar-refractivity contribution in [3.63, 3.8) is 0 Å². The molecule has 2 rings (SSSR count). The minimum absolute atomic E-state index is 0.0595. The topological polar surface area (TPSA) is 62.5 Å². The van der Waals surface area contributed by atoms with E-state index in [1.54, 1.807) is 36.4 Å². The van der Waals surface area contributed by atoms with Crippen LogP contribution in [0.2, 0.25) is 0 Å². The predicted molar refractivity (Wildman–Crippen MR) is 66.7 cm³/mol. The highest BCUT2D eigenvalue weighted by Crippen LogP contribution is 2.16. The SMILES string of the molecule is O=C(Nc1cccc(CO)c1)c1ccc(Br)o1. The molecule has 0 bridgehead atoms. The molecule has 1 heterocycles. The minimum Gasteiger partial charge on any atom is -0.444 e. The number of benzene rings is 1. The average molecular weight is 296 g/mol. The van der Waals surface area contributed by atoms with Crippen molar-refractivity contribution in [2.75, 3.05) is 5.32 Å². The molecule has 0 saturated carbocycles. The molecule has 1 aromatic heterocycles. The highest BCUT2D eigenvalue weighted by Gasteiger charge is 2.10. The Balaban J connectivity index is 2.12. The quantitative estimate of drug-likeness (QED) is 0.915. The Hall–Kier alpha value is -1.59. The van der Waals surface area contributed by atoms with Crippen LogP contribution in [-0.4, -0.2) is 11.0 Å². The van der Waals surface area contributed by atoms with Gasteiger partial charge in [-0.15, -0.1) is 0 Å². The molecule has 4 nitrogen and oxygen atoms in total. The van der Waals surface area contributed by atoms with Crippen LogP contribution >= 0.6 is 15.9 Å². The van der Waals surface area contributed by atoms with Gasteiger partial charge in [0.15, 0.2) is 10.4 Å². The third-order valence-electron chi connectivity index (χ3n) is 2.16. The third-order valence-corrected chi connectivity index (χ3v) is 2.59. The fraction of sp³-hybridized carbons (Fsp3) is 0.0833. The van der Waals surface area contributed by atoms with Gasteiger partial charge in [-0.25, -0.2) is 0 Å². The molecule has 0 fully saturated rings. The van der Waals surface area contributed by atoms with E-state index in [1.807, 2.05) is 0 Å². The predicted octanol–water partition coefficient (Wildman–Crippen LogP) is 2.79. The molecule has 0 aliphatic heterocycles. The van der Waals surface area contributed by atoms with Crippen molar-refractivity contribution < 1.29 is 14.3 Å². The number of aliphatic hydroxyl groups excluding tert-OH is 1.